The monoisotopic (exact) mass is 461 g/mol. The van der Waals surface area contributed by atoms with E-state index in [1.807, 2.05) is 4.90 Å². The van der Waals surface area contributed by atoms with Crippen molar-refractivity contribution in [1.29, 1.82) is 0 Å². The van der Waals surface area contributed by atoms with Crippen LogP contribution in [0.15, 0.2) is 36.5 Å². The average Bonchev–Trinajstić information content (AvgIpc) is 3.06. The van der Waals surface area contributed by atoms with Gasteiger partial charge in [0.2, 0.25) is 0 Å². The van der Waals surface area contributed by atoms with Crippen molar-refractivity contribution in [2.75, 3.05) is 30.0 Å². The highest BCUT2D eigenvalue weighted by Crippen LogP contribution is 2.48. The Morgan fingerprint density at radius 1 is 1.24 bits per heavy atom. The van der Waals surface area contributed by atoms with Crippen LogP contribution in [0.4, 0.5) is 17.2 Å². The van der Waals surface area contributed by atoms with E-state index in [2.05, 4.69) is 39.4 Å². The molecule has 1 N–H and O–H groups in total. The second-order valence-corrected chi connectivity index (χ2v) is 9.40. The van der Waals surface area contributed by atoms with Crippen molar-refractivity contribution in [3.8, 4) is 5.75 Å². The van der Waals surface area contributed by atoms with Crippen molar-refractivity contribution in [3.63, 3.8) is 0 Å². The summed E-state index contributed by atoms with van der Waals surface area (Å²) in [4.78, 5) is 24.8. The van der Waals surface area contributed by atoms with Crippen molar-refractivity contribution >= 4 is 40.4 Å². The lowest BCUT2D eigenvalue weighted by Gasteiger charge is -2.43. The van der Waals surface area contributed by atoms with E-state index in [9.17, 15) is 4.79 Å². The number of carbonyl (C=O) groups excluding carboxylic acids is 1. The van der Waals surface area contributed by atoms with Crippen LogP contribution in [0, 0.1) is 12.5 Å². The van der Waals surface area contributed by atoms with Gasteiger partial charge < -0.3 is 19.8 Å². The fourth-order valence-corrected chi connectivity index (χ4v) is 5.66. The molecule has 3 fully saturated rings. The van der Waals surface area contributed by atoms with Crippen LogP contribution in [0.2, 0.25) is 0 Å². The molecule has 1 aliphatic carbocycles. The molecular formula is C25H27N5O2S. The Bertz CT molecular complexity index is 1120. The number of nitrogens with zero attached hydrogens (tertiary/aromatic N) is 4. The average molecular weight is 462 g/mol. The lowest BCUT2D eigenvalue weighted by molar-refractivity contribution is -0.123. The van der Waals surface area contributed by atoms with Crippen LogP contribution in [0.5, 0.6) is 5.75 Å². The third-order valence-corrected chi connectivity index (χ3v) is 7.54. The van der Waals surface area contributed by atoms with Gasteiger partial charge in [-0.2, -0.15) is 0 Å². The number of thiocarbonyl (C=S) groups is 1. The SMILES string of the molecule is [C-]#[N+]c1ncc(N2C(=O)C3(CCC3)N(c3ccc(CC4CCNCC4)cc3)C2=S)cc1OC. The lowest BCUT2D eigenvalue weighted by atomic mass is 9.75. The second-order valence-electron chi connectivity index (χ2n) is 9.04. The quantitative estimate of drug-likeness (QED) is 0.531. The molecule has 2 saturated heterocycles. The first kappa shape index (κ1) is 21.8. The highest BCUT2D eigenvalue weighted by Gasteiger charge is 2.59. The molecule has 7 nitrogen and oxygen atoms in total. The van der Waals surface area contributed by atoms with Gasteiger partial charge in [-0.15, -0.1) is 4.98 Å². The lowest BCUT2D eigenvalue weighted by Crippen LogP contribution is -2.55. The van der Waals surface area contributed by atoms with Gasteiger partial charge in [0.15, 0.2) is 5.11 Å². The molecule has 5 rings (SSSR count). The number of pyridine rings is 1. The summed E-state index contributed by atoms with van der Waals surface area (Å²) in [5, 5.41) is 3.87. The topological polar surface area (TPSA) is 62.1 Å². The molecule has 0 radical (unpaired) electrons. The van der Waals surface area contributed by atoms with Gasteiger partial charge in [-0.1, -0.05) is 18.7 Å². The summed E-state index contributed by atoms with van der Waals surface area (Å²) < 4.78 is 5.31. The smallest absolute Gasteiger partial charge is 0.312 e. The van der Waals surface area contributed by atoms with Gasteiger partial charge in [-0.05, 0) is 93.5 Å². The number of piperidine rings is 1. The molecule has 1 amide bonds. The Labute approximate surface area is 199 Å². The number of hydrogen-bond donors (Lipinski definition) is 1. The first-order chi connectivity index (χ1) is 16.1. The fourth-order valence-electron chi connectivity index (χ4n) is 5.19. The number of carbonyl (C=O) groups is 1. The van der Waals surface area contributed by atoms with Crippen molar-refractivity contribution in [3.05, 3.63) is 53.5 Å². The van der Waals surface area contributed by atoms with Crippen molar-refractivity contribution < 1.29 is 9.53 Å². The minimum Gasteiger partial charge on any atom is -0.506 e. The van der Waals surface area contributed by atoms with Crippen LogP contribution < -0.4 is 19.9 Å². The summed E-state index contributed by atoms with van der Waals surface area (Å²) in [5.74, 6) is 1.19. The molecule has 1 aromatic heterocycles. The number of aromatic nitrogens is 1. The van der Waals surface area contributed by atoms with Crippen LogP contribution in [0.3, 0.4) is 0 Å². The fraction of sp³-hybridized carbons (Fsp3) is 0.440. The van der Waals surface area contributed by atoms with E-state index < -0.39 is 5.54 Å². The summed E-state index contributed by atoms with van der Waals surface area (Å²) in [5.41, 5.74) is 2.16. The van der Waals surface area contributed by atoms with Gasteiger partial charge >= 0.3 is 5.82 Å². The molecule has 8 heteroatoms. The Balaban J connectivity index is 1.44. The van der Waals surface area contributed by atoms with Gasteiger partial charge in [0, 0.05) is 5.69 Å². The number of amides is 1. The third kappa shape index (κ3) is 3.65. The van der Waals surface area contributed by atoms with Gasteiger partial charge in [0.1, 0.15) is 17.5 Å². The van der Waals surface area contributed by atoms with E-state index in [1.165, 1.54) is 31.7 Å². The molecule has 3 aliphatic rings. The van der Waals surface area contributed by atoms with Gasteiger partial charge in [0.05, 0.1) is 12.8 Å². The van der Waals surface area contributed by atoms with Crippen LogP contribution in [-0.2, 0) is 11.2 Å². The van der Waals surface area contributed by atoms with Gasteiger partial charge in [0.25, 0.3) is 5.91 Å². The summed E-state index contributed by atoms with van der Waals surface area (Å²) in [6, 6.07) is 10.2. The number of hydrogen-bond acceptors (Lipinski definition) is 5. The van der Waals surface area contributed by atoms with E-state index in [0.29, 0.717) is 16.5 Å². The molecule has 3 heterocycles. The van der Waals surface area contributed by atoms with E-state index >= 15 is 0 Å². The minimum atomic E-state index is -0.640. The number of benzene rings is 1. The van der Waals surface area contributed by atoms with Gasteiger partial charge in [-0.3, -0.25) is 9.69 Å². The number of nitrogens with one attached hydrogen (secondary N) is 1. The molecular weight excluding hydrogens is 434 g/mol. The van der Waals surface area contributed by atoms with Crippen LogP contribution in [0.25, 0.3) is 4.85 Å². The molecule has 170 valence electrons. The maximum Gasteiger partial charge on any atom is 0.312 e. The summed E-state index contributed by atoms with van der Waals surface area (Å²) in [6.07, 6.45) is 7.57. The Morgan fingerprint density at radius 2 is 1.97 bits per heavy atom. The predicted molar refractivity (Wildman–Crippen MR) is 132 cm³/mol. The maximum absolute atomic E-state index is 13.6. The highest BCUT2D eigenvalue weighted by molar-refractivity contribution is 7.81. The summed E-state index contributed by atoms with van der Waals surface area (Å²) in [7, 11) is 1.49. The Kier molecular flexibility index (Phi) is 5.77. The largest absolute Gasteiger partial charge is 0.506 e. The summed E-state index contributed by atoms with van der Waals surface area (Å²) >= 11 is 5.85. The van der Waals surface area contributed by atoms with Crippen LogP contribution >= 0.6 is 12.2 Å². The summed E-state index contributed by atoms with van der Waals surface area (Å²) in [6.45, 7) is 9.45. The zero-order valence-electron chi connectivity index (χ0n) is 18.7. The number of rotatable bonds is 5. The number of methoxy groups -OCH3 is 1. The molecule has 1 aromatic carbocycles. The molecule has 0 bridgehead atoms. The van der Waals surface area contributed by atoms with Gasteiger partial charge in [-0.25, -0.2) is 0 Å². The minimum absolute atomic E-state index is 0.0306. The highest BCUT2D eigenvalue weighted by atomic mass is 32.1. The molecule has 33 heavy (non-hydrogen) atoms. The molecule has 1 saturated carbocycles. The van der Waals surface area contributed by atoms with Crippen LogP contribution in [-0.4, -0.2) is 41.7 Å². The molecule has 0 unspecified atom stereocenters. The molecule has 2 aliphatic heterocycles. The predicted octanol–water partition coefficient (Wildman–Crippen LogP) is 4.24. The number of ether oxygens (including phenoxy) is 1. The number of anilines is 2. The van der Waals surface area contributed by atoms with Crippen molar-refractivity contribution in [2.24, 2.45) is 5.92 Å². The standard InChI is InChI=1S/C25H27N5O2S/c1-26-22-21(32-2)15-20(16-28-22)29-23(31)25(10-3-11-25)30(24(29)33)19-6-4-17(5-7-19)14-18-8-12-27-13-9-18/h4-7,15-16,18,27H,3,8-14H2,2H3. The first-order valence-electron chi connectivity index (χ1n) is 11.5. The van der Waals surface area contributed by atoms with Crippen LogP contribution in [0.1, 0.15) is 37.7 Å². The van der Waals surface area contributed by atoms with E-state index in [1.54, 1.807) is 11.0 Å². The van der Waals surface area contributed by atoms with Crippen molar-refractivity contribution in [1.82, 2.24) is 10.3 Å². The molecule has 1 spiro atoms. The third-order valence-electron chi connectivity index (χ3n) is 7.17. The zero-order chi connectivity index (χ0) is 23.0. The zero-order valence-corrected chi connectivity index (χ0v) is 19.5. The molecule has 0 atom stereocenters. The normalized spacial score (nSPS) is 20.1. The second kappa shape index (κ2) is 8.73. The first-order valence-corrected chi connectivity index (χ1v) is 11.9. The van der Waals surface area contributed by atoms with E-state index in [-0.39, 0.29) is 11.7 Å². The Morgan fingerprint density at radius 3 is 2.58 bits per heavy atom. The van der Waals surface area contributed by atoms with E-state index in [0.717, 1.165) is 50.4 Å². The maximum atomic E-state index is 13.6. The molecule has 2 aromatic rings. The van der Waals surface area contributed by atoms with E-state index in [4.69, 9.17) is 23.5 Å². The Hall–Kier alpha value is -3.02. The van der Waals surface area contributed by atoms with Crippen molar-refractivity contribution in [2.45, 2.75) is 44.1 Å².